The second-order valence-electron chi connectivity index (χ2n) is 8.82. The molecule has 4 rings (SSSR count). The molecule has 0 bridgehead atoms. The molecule has 0 fully saturated rings. The largest absolute Gasteiger partial charge is 0.440 e. The minimum Gasteiger partial charge on any atom is -0.440 e. The van der Waals surface area contributed by atoms with Crippen molar-refractivity contribution < 1.29 is 4.42 Å². The molecule has 0 amide bonds. The van der Waals surface area contributed by atoms with E-state index >= 15 is 0 Å². The highest BCUT2D eigenvalue weighted by Gasteiger charge is 2.28. The number of benzene rings is 2. The van der Waals surface area contributed by atoms with Crippen LogP contribution in [0.4, 0.5) is 0 Å². The molecule has 0 radical (unpaired) electrons. The molecule has 0 aliphatic carbocycles. The lowest BCUT2D eigenvalue weighted by Crippen LogP contribution is -2.20. The summed E-state index contributed by atoms with van der Waals surface area (Å²) in [7, 11) is 0. The molecule has 2 aromatic heterocycles. The van der Waals surface area contributed by atoms with E-state index in [1.807, 2.05) is 30.3 Å². The number of hydrogen-bond acceptors (Lipinski definition) is 4. The van der Waals surface area contributed by atoms with E-state index in [1.165, 1.54) is 0 Å². The molecule has 0 N–H and O–H groups in total. The van der Waals surface area contributed by atoms with Crippen molar-refractivity contribution in [1.29, 1.82) is 0 Å². The number of rotatable bonds is 3. The summed E-state index contributed by atoms with van der Waals surface area (Å²) in [6.45, 7) is 10.6. The first-order chi connectivity index (χ1) is 13.1. The number of thiazole rings is 1. The Morgan fingerprint density at radius 2 is 1.75 bits per heavy atom. The maximum atomic E-state index is 6.74. The summed E-state index contributed by atoms with van der Waals surface area (Å²) in [5.41, 5.74) is 3.07. The number of hydrogen-bond donors (Lipinski definition) is 0. The molecule has 0 saturated carbocycles. The van der Waals surface area contributed by atoms with Crippen molar-refractivity contribution in [1.82, 2.24) is 9.97 Å². The van der Waals surface area contributed by atoms with Crippen LogP contribution in [0.25, 0.3) is 21.3 Å². The number of oxazole rings is 1. The van der Waals surface area contributed by atoms with Gasteiger partial charge in [0, 0.05) is 10.8 Å². The Morgan fingerprint density at radius 1 is 1.00 bits per heavy atom. The van der Waals surface area contributed by atoms with Crippen LogP contribution in [0.1, 0.15) is 51.1 Å². The average Bonchev–Trinajstić information content (AvgIpc) is 3.22. The van der Waals surface area contributed by atoms with Crippen molar-refractivity contribution >= 4 is 55.9 Å². The Balaban J connectivity index is 1.73. The van der Waals surface area contributed by atoms with Crippen molar-refractivity contribution in [2.75, 3.05) is 0 Å². The lowest BCUT2D eigenvalue weighted by atomic mass is 9.86. The standard InChI is InChI=1S/C22H22Cl2N2OS/c1-21(2,3)19-26-17-15(27-19)10-9-12(16(17)24)11-22(4,5)20-25-14-8-6-7-13(23)18(14)28-20/h6-10H,11H2,1-5H3. The van der Waals surface area contributed by atoms with E-state index in [2.05, 4.69) is 39.6 Å². The molecule has 0 saturated heterocycles. The Hall–Kier alpha value is -1.62. The molecule has 2 heterocycles. The van der Waals surface area contributed by atoms with E-state index in [0.29, 0.717) is 10.9 Å². The molecule has 0 unspecified atom stereocenters. The second kappa shape index (κ2) is 6.72. The van der Waals surface area contributed by atoms with Gasteiger partial charge in [0.15, 0.2) is 5.58 Å². The van der Waals surface area contributed by atoms with E-state index in [1.54, 1.807) is 11.3 Å². The van der Waals surface area contributed by atoms with Gasteiger partial charge in [0.25, 0.3) is 0 Å². The maximum absolute atomic E-state index is 6.74. The fourth-order valence-corrected chi connectivity index (χ4v) is 4.84. The lowest BCUT2D eigenvalue weighted by Gasteiger charge is -2.22. The van der Waals surface area contributed by atoms with Gasteiger partial charge in [0.1, 0.15) is 5.52 Å². The van der Waals surface area contributed by atoms with Crippen molar-refractivity contribution in [2.45, 2.75) is 51.9 Å². The molecule has 146 valence electrons. The van der Waals surface area contributed by atoms with E-state index in [-0.39, 0.29) is 10.8 Å². The Morgan fingerprint density at radius 3 is 2.43 bits per heavy atom. The van der Waals surface area contributed by atoms with Gasteiger partial charge in [-0.3, -0.25) is 0 Å². The zero-order chi connectivity index (χ0) is 20.3. The first-order valence-electron chi connectivity index (χ1n) is 9.20. The van der Waals surface area contributed by atoms with Gasteiger partial charge in [-0.25, -0.2) is 9.97 Å². The highest BCUT2D eigenvalue weighted by Crippen LogP contribution is 2.39. The first kappa shape index (κ1) is 19.7. The van der Waals surface area contributed by atoms with Gasteiger partial charge in [0.2, 0.25) is 5.89 Å². The fraction of sp³-hybridized carbons (Fsp3) is 0.364. The normalized spacial score (nSPS) is 13.0. The first-order valence-corrected chi connectivity index (χ1v) is 10.8. The van der Waals surface area contributed by atoms with Crippen LogP contribution in [0.15, 0.2) is 34.7 Å². The third kappa shape index (κ3) is 3.42. The molecule has 4 aromatic rings. The van der Waals surface area contributed by atoms with Crippen LogP contribution >= 0.6 is 34.5 Å². The summed E-state index contributed by atoms with van der Waals surface area (Å²) >= 11 is 14.7. The van der Waals surface area contributed by atoms with Crippen molar-refractivity contribution in [3.05, 3.63) is 56.8 Å². The van der Waals surface area contributed by atoms with Gasteiger partial charge in [-0.1, -0.05) is 70.0 Å². The van der Waals surface area contributed by atoms with Crippen molar-refractivity contribution in [2.24, 2.45) is 0 Å². The maximum Gasteiger partial charge on any atom is 0.200 e. The molecular weight excluding hydrogens is 411 g/mol. The Labute approximate surface area is 178 Å². The Kier molecular flexibility index (Phi) is 4.72. The van der Waals surface area contributed by atoms with Gasteiger partial charge in [-0.05, 0) is 30.2 Å². The molecule has 2 aromatic carbocycles. The SMILES string of the molecule is CC(C)(C)c1nc2c(Cl)c(CC(C)(C)c3nc4cccc(Cl)c4s3)ccc2o1. The van der Waals surface area contributed by atoms with Crippen LogP contribution in [0.3, 0.4) is 0 Å². The van der Waals surface area contributed by atoms with E-state index in [4.69, 9.17) is 32.6 Å². The summed E-state index contributed by atoms with van der Waals surface area (Å²) in [5.74, 6) is 0.696. The van der Waals surface area contributed by atoms with E-state index in [0.717, 1.165) is 43.3 Å². The summed E-state index contributed by atoms with van der Waals surface area (Å²) < 4.78 is 6.94. The molecule has 0 aliphatic heterocycles. The van der Waals surface area contributed by atoms with Crippen LogP contribution in [-0.4, -0.2) is 9.97 Å². The molecule has 6 heteroatoms. The zero-order valence-electron chi connectivity index (χ0n) is 16.6. The van der Waals surface area contributed by atoms with Gasteiger partial charge in [-0.2, -0.15) is 0 Å². The topological polar surface area (TPSA) is 38.9 Å². The third-order valence-corrected chi connectivity index (χ3v) is 7.12. The van der Waals surface area contributed by atoms with Crippen LogP contribution in [0.2, 0.25) is 10.0 Å². The van der Waals surface area contributed by atoms with Gasteiger partial charge < -0.3 is 4.42 Å². The average molecular weight is 433 g/mol. The minimum atomic E-state index is -0.194. The lowest BCUT2D eigenvalue weighted by molar-refractivity contribution is 0.411. The fourth-order valence-electron chi connectivity index (χ4n) is 3.22. The molecule has 28 heavy (non-hydrogen) atoms. The number of fused-ring (bicyclic) bond motifs is 2. The zero-order valence-corrected chi connectivity index (χ0v) is 18.9. The quantitative estimate of drug-likeness (QED) is 0.335. The predicted octanol–water partition coefficient (Wildman–Crippen LogP) is 7.56. The highest BCUT2D eigenvalue weighted by atomic mass is 35.5. The predicted molar refractivity (Wildman–Crippen MR) is 119 cm³/mol. The van der Waals surface area contributed by atoms with Crippen LogP contribution in [-0.2, 0) is 17.3 Å². The number of nitrogens with zero attached hydrogens (tertiary/aromatic N) is 2. The van der Waals surface area contributed by atoms with Crippen LogP contribution < -0.4 is 0 Å². The summed E-state index contributed by atoms with van der Waals surface area (Å²) in [6, 6.07) is 9.83. The van der Waals surface area contributed by atoms with Gasteiger partial charge >= 0.3 is 0 Å². The van der Waals surface area contributed by atoms with Gasteiger partial charge in [-0.15, -0.1) is 11.3 Å². The molecular formula is C22H22Cl2N2OS. The van der Waals surface area contributed by atoms with Crippen molar-refractivity contribution in [3.8, 4) is 0 Å². The Bertz CT molecular complexity index is 1180. The van der Waals surface area contributed by atoms with Crippen LogP contribution in [0, 0.1) is 0 Å². The summed E-state index contributed by atoms with van der Waals surface area (Å²) in [4.78, 5) is 9.49. The minimum absolute atomic E-state index is 0.165. The molecule has 0 aliphatic rings. The van der Waals surface area contributed by atoms with E-state index < -0.39 is 0 Å². The molecule has 3 nitrogen and oxygen atoms in total. The highest BCUT2D eigenvalue weighted by molar-refractivity contribution is 7.19. The molecule has 0 atom stereocenters. The van der Waals surface area contributed by atoms with Crippen LogP contribution in [0.5, 0.6) is 0 Å². The second-order valence-corrected chi connectivity index (χ2v) is 10.6. The summed E-state index contributed by atoms with van der Waals surface area (Å²) in [5, 5.41) is 2.44. The smallest absolute Gasteiger partial charge is 0.200 e. The van der Waals surface area contributed by atoms with E-state index in [9.17, 15) is 0 Å². The summed E-state index contributed by atoms with van der Waals surface area (Å²) in [6.07, 6.45) is 0.747. The third-order valence-electron chi connectivity index (χ3n) is 4.80. The van der Waals surface area contributed by atoms with Gasteiger partial charge in [0.05, 0.1) is 25.3 Å². The monoisotopic (exact) mass is 432 g/mol. The number of halogens is 2. The number of aromatic nitrogens is 2. The molecule has 0 spiro atoms. The van der Waals surface area contributed by atoms with Crippen molar-refractivity contribution in [3.63, 3.8) is 0 Å².